The summed E-state index contributed by atoms with van der Waals surface area (Å²) >= 11 is 0. The number of aryl methyl sites for hydroxylation is 1. The van der Waals surface area contributed by atoms with Crippen molar-refractivity contribution in [3.8, 4) is 0 Å². The minimum absolute atomic E-state index is 0.257. The maximum atomic E-state index is 5.70. The molecule has 0 saturated carbocycles. The van der Waals surface area contributed by atoms with Crippen LogP contribution in [0.4, 0.5) is 0 Å². The summed E-state index contributed by atoms with van der Waals surface area (Å²) in [6, 6.07) is 8.41. The van der Waals surface area contributed by atoms with Crippen LogP contribution < -0.4 is 11.5 Å². The second-order valence-electron chi connectivity index (χ2n) is 3.50. The number of nitrogens with two attached hydrogens (primary N) is 2. The van der Waals surface area contributed by atoms with Gasteiger partial charge in [-0.2, -0.15) is 0 Å². The SMILES string of the molecule is CCC(c1ccc(C)cc1)C(N)N. The summed E-state index contributed by atoms with van der Waals surface area (Å²) in [4.78, 5) is 0. The third-order valence-corrected chi connectivity index (χ3v) is 2.41. The van der Waals surface area contributed by atoms with E-state index in [2.05, 4.69) is 38.1 Å². The van der Waals surface area contributed by atoms with E-state index in [1.165, 1.54) is 11.1 Å². The topological polar surface area (TPSA) is 52.0 Å². The van der Waals surface area contributed by atoms with Gasteiger partial charge in [0.2, 0.25) is 0 Å². The Morgan fingerprint density at radius 3 is 2.08 bits per heavy atom. The minimum Gasteiger partial charge on any atom is -0.316 e. The van der Waals surface area contributed by atoms with E-state index in [0.29, 0.717) is 0 Å². The Hall–Kier alpha value is -0.860. The summed E-state index contributed by atoms with van der Waals surface area (Å²) in [7, 11) is 0. The van der Waals surface area contributed by atoms with Gasteiger partial charge in [-0.25, -0.2) is 0 Å². The Kier molecular flexibility index (Phi) is 3.46. The van der Waals surface area contributed by atoms with E-state index in [4.69, 9.17) is 11.5 Å². The Morgan fingerprint density at radius 2 is 1.69 bits per heavy atom. The van der Waals surface area contributed by atoms with E-state index < -0.39 is 0 Å². The van der Waals surface area contributed by atoms with E-state index >= 15 is 0 Å². The summed E-state index contributed by atoms with van der Waals surface area (Å²) in [6.07, 6.45) is 0.730. The molecule has 2 nitrogen and oxygen atoms in total. The van der Waals surface area contributed by atoms with Crippen LogP contribution in [-0.4, -0.2) is 6.17 Å². The molecule has 0 aliphatic rings. The van der Waals surface area contributed by atoms with Gasteiger partial charge in [-0.3, -0.25) is 0 Å². The lowest BCUT2D eigenvalue weighted by atomic mass is 9.93. The van der Waals surface area contributed by atoms with Crippen LogP contribution in [0, 0.1) is 6.92 Å². The molecule has 72 valence electrons. The van der Waals surface area contributed by atoms with Crippen LogP contribution in [0.25, 0.3) is 0 Å². The zero-order valence-electron chi connectivity index (χ0n) is 8.33. The normalized spacial score (nSPS) is 13.3. The molecule has 1 unspecified atom stereocenters. The van der Waals surface area contributed by atoms with Crippen molar-refractivity contribution in [3.63, 3.8) is 0 Å². The van der Waals surface area contributed by atoms with Crippen molar-refractivity contribution < 1.29 is 0 Å². The highest BCUT2D eigenvalue weighted by atomic mass is 14.9. The zero-order valence-corrected chi connectivity index (χ0v) is 8.33. The molecular formula is C11H18N2. The summed E-state index contributed by atoms with van der Waals surface area (Å²) < 4.78 is 0. The monoisotopic (exact) mass is 178 g/mol. The molecule has 0 aliphatic heterocycles. The van der Waals surface area contributed by atoms with Crippen LogP contribution in [0.15, 0.2) is 24.3 Å². The third kappa shape index (κ3) is 2.54. The Morgan fingerprint density at radius 1 is 1.15 bits per heavy atom. The number of hydrogen-bond acceptors (Lipinski definition) is 2. The third-order valence-electron chi connectivity index (χ3n) is 2.41. The van der Waals surface area contributed by atoms with Crippen molar-refractivity contribution in [1.29, 1.82) is 0 Å². The smallest absolute Gasteiger partial charge is 0.0591 e. The molecule has 0 spiro atoms. The standard InChI is InChI=1S/C11H18N2/c1-3-10(11(12)13)9-6-4-8(2)5-7-9/h4-7,10-11H,3,12-13H2,1-2H3. The predicted molar refractivity (Wildman–Crippen MR) is 56.4 cm³/mol. The second-order valence-corrected chi connectivity index (χ2v) is 3.50. The highest BCUT2D eigenvalue weighted by Crippen LogP contribution is 2.20. The molecule has 0 bridgehead atoms. The van der Waals surface area contributed by atoms with Crippen molar-refractivity contribution in [2.75, 3.05) is 0 Å². The highest BCUT2D eigenvalue weighted by Gasteiger charge is 2.13. The van der Waals surface area contributed by atoms with E-state index in [0.717, 1.165) is 6.42 Å². The van der Waals surface area contributed by atoms with E-state index in [1.54, 1.807) is 0 Å². The predicted octanol–water partition coefficient (Wildman–Crippen LogP) is 1.73. The second kappa shape index (κ2) is 4.40. The van der Waals surface area contributed by atoms with Gasteiger partial charge in [0, 0.05) is 5.92 Å². The van der Waals surface area contributed by atoms with Crippen LogP contribution in [0.2, 0.25) is 0 Å². The van der Waals surface area contributed by atoms with Crippen LogP contribution in [0.3, 0.4) is 0 Å². The van der Waals surface area contributed by atoms with Gasteiger partial charge in [-0.15, -0.1) is 0 Å². The van der Waals surface area contributed by atoms with Gasteiger partial charge in [0.25, 0.3) is 0 Å². The highest BCUT2D eigenvalue weighted by molar-refractivity contribution is 5.25. The lowest BCUT2D eigenvalue weighted by Crippen LogP contribution is -2.36. The molecule has 0 fully saturated rings. The molecule has 1 atom stereocenters. The van der Waals surface area contributed by atoms with E-state index in [-0.39, 0.29) is 12.1 Å². The number of rotatable bonds is 3. The molecule has 0 aromatic heterocycles. The molecule has 1 aromatic carbocycles. The van der Waals surface area contributed by atoms with Crippen molar-refractivity contribution in [3.05, 3.63) is 35.4 Å². The van der Waals surface area contributed by atoms with Gasteiger partial charge >= 0.3 is 0 Å². The van der Waals surface area contributed by atoms with Crippen LogP contribution >= 0.6 is 0 Å². The average Bonchev–Trinajstić information content (AvgIpc) is 2.09. The fourth-order valence-corrected chi connectivity index (χ4v) is 1.54. The summed E-state index contributed by atoms with van der Waals surface area (Å²) in [5, 5.41) is 0. The van der Waals surface area contributed by atoms with Crippen molar-refractivity contribution in [2.24, 2.45) is 11.5 Å². The molecule has 13 heavy (non-hydrogen) atoms. The molecule has 0 radical (unpaired) electrons. The van der Waals surface area contributed by atoms with Gasteiger partial charge in [0.1, 0.15) is 0 Å². The molecule has 0 amide bonds. The fraction of sp³-hybridized carbons (Fsp3) is 0.455. The summed E-state index contributed by atoms with van der Waals surface area (Å²) in [6.45, 7) is 4.18. The van der Waals surface area contributed by atoms with E-state index in [1.807, 2.05) is 0 Å². The van der Waals surface area contributed by atoms with Crippen molar-refractivity contribution in [1.82, 2.24) is 0 Å². The van der Waals surface area contributed by atoms with E-state index in [9.17, 15) is 0 Å². The van der Waals surface area contributed by atoms with Crippen molar-refractivity contribution >= 4 is 0 Å². The van der Waals surface area contributed by atoms with Crippen molar-refractivity contribution in [2.45, 2.75) is 32.4 Å². The largest absolute Gasteiger partial charge is 0.316 e. The average molecular weight is 178 g/mol. The molecular weight excluding hydrogens is 160 g/mol. The molecule has 1 rings (SSSR count). The molecule has 2 heteroatoms. The lowest BCUT2D eigenvalue weighted by Gasteiger charge is -2.19. The van der Waals surface area contributed by atoms with Gasteiger partial charge < -0.3 is 11.5 Å². The molecule has 1 aromatic rings. The van der Waals surface area contributed by atoms with Gasteiger partial charge in [-0.1, -0.05) is 36.8 Å². The first-order valence-electron chi connectivity index (χ1n) is 4.73. The molecule has 0 saturated heterocycles. The first-order valence-corrected chi connectivity index (χ1v) is 4.73. The van der Waals surface area contributed by atoms with Crippen LogP contribution in [-0.2, 0) is 0 Å². The van der Waals surface area contributed by atoms with Crippen LogP contribution in [0.5, 0.6) is 0 Å². The first-order chi connectivity index (χ1) is 6.15. The summed E-state index contributed by atoms with van der Waals surface area (Å²) in [5.41, 5.74) is 13.9. The maximum absolute atomic E-state index is 5.70. The zero-order chi connectivity index (χ0) is 9.84. The molecule has 0 aliphatic carbocycles. The number of benzene rings is 1. The number of hydrogen-bond donors (Lipinski definition) is 2. The van der Waals surface area contributed by atoms with Gasteiger partial charge in [0.05, 0.1) is 6.17 Å². The Labute approximate surface area is 79.9 Å². The molecule has 0 heterocycles. The minimum atomic E-state index is -0.257. The lowest BCUT2D eigenvalue weighted by molar-refractivity contribution is 0.533. The van der Waals surface area contributed by atoms with Crippen LogP contribution in [0.1, 0.15) is 30.4 Å². The first kappa shape index (κ1) is 10.2. The Bertz CT molecular complexity index is 251. The summed E-state index contributed by atoms with van der Waals surface area (Å²) in [5.74, 6) is 0.278. The quantitative estimate of drug-likeness (QED) is 0.693. The molecule has 4 N–H and O–H groups in total. The Balaban J connectivity index is 2.86. The van der Waals surface area contributed by atoms with Gasteiger partial charge in [0.15, 0.2) is 0 Å². The fourth-order valence-electron chi connectivity index (χ4n) is 1.54. The maximum Gasteiger partial charge on any atom is 0.0591 e. The van der Waals surface area contributed by atoms with Gasteiger partial charge in [-0.05, 0) is 18.9 Å².